The molecule has 0 aromatic heterocycles. The topological polar surface area (TPSA) is 111 Å². The molecule has 0 saturated heterocycles. The van der Waals surface area contributed by atoms with Crippen molar-refractivity contribution in [3.63, 3.8) is 0 Å². The van der Waals surface area contributed by atoms with Crippen LogP contribution in [-0.4, -0.2) is 70.0 Å². The average Bonchev–Trinajstić information content (AvgIpc) is 3.23. The van der Waals surface area contributed by atoms with Crippen molar-refractivity contribution >= 4 is 19.8 Å². The molecule has 0 spiro atoms. The molecule has 0 aromatic rings. The smallest absolute Gasteiger partial charge is 0.306 e. The van der Waals surface area contributed by atoms with E-state index in [9.17, 15) is 19.0 Å². The van der Waals surface area contributed by atoms with Crippen molar-refractivity contribution in [1.82, 2.24) is 0 Å². The first-order chi connectivity index (χ1) is 30.0. The van der Waals surface area contributed by atoms with Gasteiger partial charge in [0.2, 0.25) is 0 Å². The van der Waals surface area contributed by atoms with Crippen LogP contribution in [0.25, 0.3) is 0 Å². The van der Waals surface area contributed by atoms with Gasteiger partial charge >= 0.3 is 11.9 Å². The summed E-state index contributed by atoms with van der Waals surface area (Å²) in [6.45, 7) is 4.24. The number of allylic oxidation sites excluding steroid dienone is 4. The third-order valence-corrected chi connectivity index (χ3v) is 12.4. The predicted octanol–water partition coefficient (Wildman–Crippen LogP) is 14.8. The highest BCUT2D eigenvalue weighted by molar-refractivity contribution is 7.45. The molecule has 10 heteroatoms. The van der Waals surface area contributed by atoms with E-state index in [2.05, 4.69) is 38.2 Å². The number of quaternary nitrogens is 1. The fraction of sp³-hybridized carbons (Fsp3) is 0.885. The van der Waals surface area contributed by atoms with Crippen molar-refractivity contribution in [1.29, 1.82) is 0 Å². The lowest BCUT2D eigenvalue weighted by molar-refractivity contribution is -0.870. The van der Waals surface area contributed by atoms with Crippen molar-refractivity contribution in [2.75, 3.05) is 47.5 Å². The number of phosphoric acid groups is 1. The number of phosphoric ester groups is 1. The first-order valence-electron chi connectivity index (χ1n) is 26.0. The van der Waals surface area contributed by atoms with Crippen LogP contribution in [0.1, 0.15) is 245 Å². The summed E-state index contributed by atoms with van der Waals surface area (Å²) >= 11 is 0. The highest BCUT2D eigenvalue weighted by Gasteiger charge is 2.21. The Balaban J connectivity index is 4.22. The first-order valence-corrected chi connectivity index (χ1v) is 27.5. The number of rotatable bonds is 48. The van der Waals surface area contributed by atoms with Crippen LogP contribution in [0.4, 0.5) is 0 Å². The van der Waals surface area contributed by atoms with Crippen LogP contribution < -0.4 is 4.89 Å². The van der Waals surface area contributed by atoms with Crippen LogP contribution >= 0.6 is 7.82 Å². The molecule has 0 radical (unpaired) electrons. The average molecular weight is 898 g/mol. The SMILES string of the molecule is CCCCC/C=C\C/C=C\CCCCCCCCCCCC(=O)O[C@H](COC(=O)CCCCCCCCCCCCCCCCCCCCC)COP(=O)([O-])OCC[N+](C)(C)C. The maximum absolute atomic E-state index is 12.7. The Bertz CT molecular complexity index is 1110. The zero-order chi connectivity index (χ0) is 45.7. The molecule has 9 nitrogen and oxygen atoms in total. The molecule has 0 aliphatic rings. The summed E-state index contributed by atoms with van der Waals surface area (Å²) in [7, 11) is 1.17. The van der Waals surface area contributed by atoms with E-state index in [1.807, 2.05) is 21.1 Å². The van der Waals surface area contributed by atoms with Gasteiger partial charge in [-0.15, -0.1) is 0 Å². The molecule has 0 N–H and O–H groups in total. The predicted molar refractivity (Wildman–Crippen MR) is 259 cm³/mol. The number of carbonyl (C=O) groups is 2. The van der Waals surface area contributed by atoms with Gasteiger partial charge in [-0.25, -0.2) is 0 Å². The van der Waals surface area contributed by atoms with Gasteiger partial charge in [0.05, 0.1) is 27.7 Å². The lowest BCUT2D eigenvalue weighted by Gasteiger charge is -2.28. The third-order valence-electron chi connectivity index (χ3n) is 11.5. The van der Waals surface area contributed by atoms with E-state index in [0.717, 1.165) is 51.4 Å². The molecule has 0 bridgehead atoms. The Morgan fingerprint density at radius 1 is 0.500 bits per heavy atom. The number of hydrogen-bond acceptors (Lipinski definition) is 8. The van der Waals surface area contributed by atoms with E-state index in [0.29, 0.717) is 17.4 Å². The number of nitrogens with zero attached hydrogens (tertiary/aromatic N) is 1. The molecule has 0 fully saturated rings. The minimum Gasteiger partial charge on any atom is -0.756 e. The van der Waals surface area contributed by atoms with E-state index in [-0.39, 0.29) is 32.0 Å². The van der Waals surface area contributed by atoms with Crippen molar-refractivity contribution in [3.05, 3.63) is 24.3 Å². The lowest BCUT2D eigenvalue weighted by atomic mass is 10.0. The maximum atomic E-state index is 12.7. The van der Waals surface area contributed by atoms with Crippen molar-refractivity contribution < 1.29 is 42.1 Å². The van der Waals surface area contributed by atoms with E-state index in [4.69, 9.17) is 18.5 Å². The van der Waals surface area contributed by atoms with Gasteiger partial charge in [-0.2, -0.15) is 0 Å². The van der Waals surface area contributed by atoms with Crippen LogP contribution in [0.3, 0.4) is 0 Å². The van der Waals surface area contributed by atoms with Gasteiger partial charge in [-0.3, -0.25) is 14.2 Å². The zero-order valence-electron chi connectivity index (χ0n) is 41.3. The Morgan fingerprint density at radius 2 is 0.871 bits per heavy atom. The van der Waals surface area contributed by atoms with E-state index >= 15 is 0 Å². The molecule has 2 atom stereocenters. The van der Waals surface area contributed by atoms with Gasteiger partial charge in [-0.1, -0.05) is 212 Å². The third kappa shape index (κ3) is 48.0. The molecule has 366 valence electrons. The normalized spacial score (nSPS) is 13.6. The lowest BCUT2D eigenvalue weighted by Crippen LogP contribution is -2.37. The standard InChI is InChI=1S/C52H100NO8P/c1-6-8-10-12-14-16-18-20-22-24-26-28-30-32-34-36-38-40-42-44-51(54)58-48-50(49-60-62(56,57)59-47-46-53(3,4)5)61-52(55)45-43-41-39-37-35-33-31-29-27-25-23-21-19-17-15-13-11-9-7-2/h15,17,21,23,50H,6-14,16,18-20,22,24-49H2,1-5H3/b17-15-,23-21-/t50-/m1/s1. The van der Waals surface area contributed by atoms with Gasteiger partial charge in [0.1, 0.15) is 19.8 Å². The zero-order valence-corrected chi connectivity index (χ0v) is 42.2. The van der Waals surface area contributed by atoms with Gasteiger partial charge < -0.3 is 27.9 Å². The largest absolute Gasteiger partial charge is 0.756 e. The molecule has 0 aliphatic carbocycles. The number of hydrogen-bond donors (Lipinski definition) is 0. The molecule has 0 heterocycles. The summed E-state index contributed by atoms with van der Waals surface area (Å²) in [5.74, 6) is -0.826. The highest BCUT2D eigenvalue weighted by atomic mass is 31.2. The minimum atomic E-state index is -4.63. The van der Waals surface area contributed by atoms with Crippen molar-refractivity contribution in [2.24, 2.45) is 0 Å². The molecule has 0 rings (SSSR count). The second kappa shape index (κ2) is 44.7. The first kappa shape index (κ1) is 60.5. The van der Waals surface area contributed by atoms with E-state index < -0.39 is 26.5 Å². The summed E-state index contributed by atoms with van der Waals surface area (Å²) < 4.78 is 34.1. The van der Waals surface area contributed by atoms with Gasteiger partial charge in [0.25, 0.3) is 7.82 Å². The van der Waals surface area contributed by atoms with Crippen LogP contribution in [0.15, 0.2) is 24.3 Å². The molecule has 62 heavy (non-hydrogen) atoms. The quantitative estimate of drug-likeness (QED) is 0.0195. The Labute approximate surface area is 383 Å². The van der Waals surface area contributed by atoms with E-state index in [1.165, 1.54) is 161 Å². The molecule has 0 aromatic carbocycles. The van der Waals surface area contributed by atoms with Crippen molar-refractivity contribution in [2.45, 2.75) is 251 Å². The Kier molecular flexibility index (Phi) is 43.6. The second-order valence-electron chi connectivity index (χ2n) is 18.9. The number of unbranched alkanes of at least 4 members (excludes halogenated alkanes) is 30. The maximum Gasteiger partial charge on any atom is 0.306 e. The number of esters is 2. The molecule has 0 amide bonds. The van der Waals surface area contributed by atoms with Crippen LogP contribution in [0.5, 0.6) is 0 Å². The minimum absolute atomic E-state index is 0.0294. The van der Waals surface area contributed by atoms with Gasteiger partial charge in [0, 0.05) is 12.8 Å². The Morgan fingerprint density at radius 3 is 1.31 bits per heavy atom. The summed E-state index contributed by atoms with van der Waals surface area (Å²) in [4.78, 5) is 37.7. The number of likely N-dealkylation sites (N-methyl/N-ethyl adjacent to an activating group) is 1. The Hall–Kier alpha value is -1.51. The second-order valence-corrected chi connectivity index (χ2v) is 20.3. The number of ether oxygens (including phenoxy) is 2. The van der Waals surface area contributed by atoms with Gasteiger partial charge in [-0.05, 0) is 44.9 Å². The summed E-state index contributed by atoms with van der Waals surface area (Å²) in [5.41, 5.74) is 0. The highest BCUT2D eigenvalue weighted by Crippen LogP contribution is 2.38. The van der Waals surface area contributed by atoms with E-state index in [1.54, 1.807) is 0 Å². The molecule has 0 saturated carbocycles. The molecule has 0 aliphatic heterocycles. The fourth-order valence-corrected chi connectivity index (χ4v) is 8.12. The molecular weight excluding hydrogens is 798 g/mol. The molecular formula is C52H100NO8P. The number of carbonyl (C=O) groups excluding carboxylic acids is 2. The van der Waals surface area contributed by atoms with Gasteiger partial charge in [0.15, 0.2) is 6.10 Å². The summed E-state index contributed by atoms with van der Waals surface area (Å²) in [6.07, 6.45) is 50.6. The fourth-order valence-electron chi connectivity index (χ4n) is 7.39. The summed E-state index contributed by atoms with van der Waals surface area (Å²) in [5, 5.41) is 0. The summed E-state index contributed by atoms with van der Waals surface area (Å²) in [6, 6.07) is 0. The van der Waals surface area contributed by atoms with Crippen molar-refractivity contribution in [3.8, 4) is 0 Å². The van der Waals surface area contributed by atoms with Crippen LogP contribution in [0.2, 0.25) is 0 Å². The monoisotopic (exact) mass is 898 g/mol. The van der Waals surface area contributed by atoms with Crippen LogP contribution in [-0.2, 0) is 32.7 Å². The van der Waals surface area contributed by atoms with Crippen LogP contribution in [0, 0.1) is 0 Å². The molecule has 1 unspecified atom stereocenters.